The summed E-state index contributed by atoms with van der Waals surface area (Å²) in [6, 6.07) is 12.8. The zero-order valence-electron chi connectivity index (χ0n) is 18.6. The van der Waals surface area contributed by atoms with Crippen LogP contribution in [0.5, 0.6) is 0 Å². The number of hydrogen-bond acceptors (Lipinski definition) is 7. The van der Waals surface area contributed by atoms with Crippen LogP contribution in [0.15, 0.2) is 42.5 Å². The van der Waals surface area contributed by atoms with Crippen molar-refractivity contribution in [3.8, 4) is 11.8 Å². The Morgan fingerprint density at radius 1 is 0.971 bits per heavy atom. The second-order valence-corrected chi connectivity index (χ2v) is 9.28. The molecule has 1 unspecified atom stereocenters. The van der Waals surface area contributed by atoms with Crippen molar-refractivity contribution in [1.29, 1.82) is 0 Å². The molecule has 5 atom stereocenters. The summed E-state index contributed by atoms with van der Waals surface area (Å²) in [5.74, 6) is 6.01. The summed E-state index contributed by atoms with van der Waals surface area (Å²) in [7, 11) is 0. The standard InChI is InChI=1S/C26H29ClO7/c27-20-6-5-18(25-24(31)23(30)22(29)21(15-28)34-25)14-19(20)13-17-3-1-16(2-4-17)7-8-26(32)9-11-33-12-10-26/h1-6,14,21-25,28-32H,9-13,15H2/t21-,22-,23?,24-,25+/m1/s1. The Bertz CT molecular complexity index is 1040. The molecule has 2 saturated heterocycles. The van der Waals surface area contributed by atoms with Gasteiger partial charge in [-0.2, -0.15) is 0 Å². The van der Waals surface area contributed by atoms with Crippen LogP contribution in [-0.4, -0.2) is 75.4 Å². The predicted octanol–water partition coefficient (Wildman–Crippen LogP) is 1.34. The molecule has 0 aliphatic carbocycles. The smallest absolute Gasteiger partial charge is 0.130 e. The van der Waals surface area contributed by atoms with Gasteiger partial charge >= 0.3 is 0 Å². The number of rotatable bonds is 4. The van der Waals surface area contributed by atoms with E-state index in [0.29, 0.717) is 43.1 Å². The molecule has 0 amide bonds. The van der Waals surface area contributed by atoms with Crippen molar-refractivity contribution < 1.29 is 35.0 Å². The molecule has 7 nitrogen and oxygen atoms in total. The Balaban J connectivity index is 1.49. The molecule has 2 aliphatic rings. The lowest BCUT2D eigenvalue weighted by molar-refractivity contribution is -0.231. The fraction of sp³-hybridized carbons (Fsp3) is 0.462. The maximum Gasteiger partial charge on any atom is 0.130 e. The van der Waals surface area contributed by atoms with Crippen LogP contribution in [0.2, 0.25) is 5.02 Å². The van der Waals surface area contributed by atoms with Crippen LogP contribution >= 0.6 is 11.6 Å². The average molecular weight is 489 g/mol. The van der Waals surface area contributed by atoms with Crippen LogP contribution in [0.4, 0.5) is 0 Å². The van der Waals surface area contributed by atoms with Crippen molar-refractivity contribution in [3.63, 3.8) is 0 Å². The Morgan fingerprint density at radius 3 is 2.35 bits per heavy atom. The molecule has 5 N–H and O–H groups in total. The Hall–Kier alpha value is -1.99. The van der Waals surface area contributed by atoms with Crippen molar-refractivity contribution >= 4 is 11.6 Å². The van der Waals surface area contributed by atoms with E-state index in [1.807, 2.05) is 24.3 Å². The average Bonchev–Trinajstić information content (AvgIpc) is 2.84. The lowest BCUT2D eigenvalue weighted by Crippen LogP contribution is -2.55. The zero-order valence-corrected chi connectivity index (χ0v) is 19.4. The molecule has 34 heavy (non-hydrogen) atoms. The van der Waals surface area contributed by atoms with E-state index in [2.05, 4.69) is 11.8 Å². The summed E-state index contributed by atoms with van der Waals surface area (Å²) in [4.78, 5) is 0. The minimum atomic E-state index is -1.44. The molecular weight excluding hydrogens is 460 g/mol. The van der Waals surface area contributed by atoms with Gasteiger partial charge in [0.15, 0.2) is 0 Å². The summed E-state index contributed by atoms with van der Waals surface area (Å²) >= 11 is 6.42. The third kappa shape index (κ3) is 5.62. The summed E-state index contributed by atoms with van der Waals surface area (Å²) in [6.07, 6.45) is -4.58. The summed E-state index contributed by atoms with van der Waals surface area (Å²) in [5, 5.41) is 51.0. The highest BCUT2D eigenvalue weighted by molar-refractivity contribution is 6.31. The van der Waals surface area contributed by atoms with Gasteiger partial charge in [0.25, 0.3) is 0 Å². The van der Waals surface area contributed by atoms with Crippen molar-refractivity contribution in [3.05, 3.63) is 69.7 Å². The first-order valence-corrected chi connectivity index (χ1v) is 11.7. The molecule has 0 saturated carbocycles. The van der Waals surface area contributed by atoms with E-state index in [-0.39, 0.29) is 0 Å². The Morgan fingerprint density at radius 2 is 1.68 bits per heavy atom. The largest absolute Gasteiger partial charge is 0.394 e. The molecular formula is C26H29ClO7. The second kappa shape index (κ2) is 10.7. The van der Waals surface area contributed by atoms with E-state index in [0.717, 1.165) is 16.7 Å². The number of benzene rings is 2. The first-order valence-electron chi connectivity index (χ1n) is 11.3. The SMILES string of the molecule is OC[C@H]1O[C@@H](c2ccc(Cl)c(Cc3ccc(C#CC4(O)CCOCC4)cc3)c2)[C@H](O)C(O)[C@@H]1O. The molecule has 2 aliphatic heterocycles. The Kier molecular flexibility index (Phi) is 7.93. The topological polar surface area (TPSA) is 120 Å². The third-order valence-electron chi connectivity index (χ3n) is 6.40. The fourth-order valence-electron chi connectivity index (χ4n) is 4.23. The summed E-state index contributed by atoms with van der Waals surface area (Å²) < 4.78 is 10.9. The van der Waals surface area contributed by atoms with Crippen LogP contribution < -0.4 is 0 Å². The van der Waals surface area contributed by atoms with E-state index in [1.54, 1.807) is 18.2 Å². The molecule has 2 fully saturated rings. The zero-order chi connectivity index (χ0) is 24.3. The van der Waals surface area contributed by atoms with Gasteiger partial charge < -0.3 is 35.0 Å². The lowest BCUT2D eigenvalue weighted by atomic mass is 9.90. The molecule has 8 heteroatoms. The molecule has 2 aromatic rings. The fourth-order valence-corrected chi connectivity index (χ4v) is 4.42. The van der Waals surface area contributed by atoms with Gasteiger partial charge in [0.05, 0.1) is 19.8 Å². The van der Waals surface area contributed by atoms with Gasteiger partial charge in [0, 0.05) is 23.4 Å². The van der Waals surface area contributed by atoms with Crippen molar-refractivity contribution in [2.45, 2.75) is 55.4 Å². The molecule has 0 radical (unpaired) electrons. The Labute approximate surface area is 203 Å². The molecule has 2 aromatic carbocycles. The minimum absolute atomic E-state index is 0.484. The van der Waals surface area contributed by atoms with Gasteiger partial charge in [0.2, 0.25) is 0 Å². The van der Waals surface area contributed by atoms with E-state index in [4.69, 9.17) is 21.1 Å². The number of aliphatic hydroxyl groups is 5. The van der Waals surface area contributed by atoms with Crippen LogP contribution in [0.3, 0.4) is 0 Å². The first kappa shape index (κ1) is 25.1. The van der Waals surface area contributed by atoms with Crippen molar-refractivity contribution in [2.24, 2.45) is 0 Å². The van der Waals surface area contributed by atoms with E-state index >= 15 is 0 Å². The van der Waals surface area contributed by atoms with Crippen LogP contribution in [0.25, 0.3) is 0 Å². The first-order chi connectivity index (χ1) is 16.3. The van der Waals surface area contributed by atoms with Crippen LogP contribution in [0.1, 0.15) is 41.2 Å². The monoisotopic (exact) mass is 488 g/mol. The normalized spacial score (nSPS) is 28.7. The second-order valence-electron chi connectivity index (χ2n) is 8.87. The summed E-state index contributed by atoms with van der Waals surface area (Å²) in [6.45, 7) is 0.530. The highest BCUT2D eigenvalue weighted by Crippen LogP contribution is 2.34. The molecule has 0 bridgehead atoms. The highest BCUT2D eigenvalue weighted by Gasteiger charge is 2.44. The van der Waals surface area contributed by atoms with Crippen LogP contribution in [-0.2, 0) is 15.9 Å². The summed E-state index contributed by atoms with van der Waals surface area (Å²) in [5.41, 5.74) is 2.16. The minimum Gasteiger partial charge on any atom is -0.394 e. The number of aliphatic hydroxyl groups excluding tert-OH is 4. The molecule has 2 heterocycles. The predicted molar refractivity (Wildman–Crippen MR) is 125 cm³/mol. The quantitative estimate of drug-likeness (QED) is 0.412. The van der Waals surface area contributed by atoms with Gasteiger partial charge in [-0.05, 0) is 41.3 Å². The van der Waals surface area contributed by atoms with Gasteiger partial charge in [-0.15, -0.1) is 0 Å². The van der Waals surface area contributed by atoms with Gasteiger partial charge in [-0.1, -0.05) is 47.7 Å². The molecule has 0 spiro atoms. The lowest BCUT2D eigenvalue weighted by Gasteiger charge is -2.40. The van der Waals surface area contributed by atoms with Gasteiger partial charge in [-0.3, -0.25) is 0 Å². The van der Waals surface area contributed by atoms with E-state index < -0.39 is 42.7 Å². The van der Waals surface area contributed by atoms with E-state index in [1.165, 1.54) is 0 Å². The molecule has 4 rings (SSSR count). The third-order valence-corrected chi connectivity index (χ3v) is 6.77. The maximum absolute atomic E-state index is 10.5. The number of halogens is 1. The molecule has 182 valence electrons. The van der Waals surface area contributed by atoms with Crippen LogP contribution in [0, 0.1) is 11.8 Å². The van der Waals surface area contributed by atoms with E-state index in [9.17, 15) is 25.5 Å². The van der Waals surface area contributed by atoms with Crippen molar-refractivity contribution in [1.82, 2.24) is 0 Å². The number of hydrogen-bond donors (Lipinski definition) is 5. The van der Waals surface area contributed by atoms with Gasteiger partial charge in [0.1, 0.15) is 36.1 Å². The van der Waals surface area contributed by atoms with Crippen molar-refractivity contribution in [2.75, 3.05) is 19.8 Å². The molecule has 0 aromatic heterocycles. The maximum atomic E-state index is 10.5. The number of ether oxygens (including phenoxy) is 2. The van der Waals surface area contributed by atoms with Gasteiger partial charge in [-0.25, -0.2) is 0 Å². The highest BCUT2D eigenvalue weighted by atomic mass is 35.5.